The molecule has 0 atom stereocenters. The van der Waals surface area contributed by atoms with Crippen LogP contribution < -0.4 is 19.7 Å². The Morgan fingerprint density at radius 3 is 2.50 bits per heavy atom. The van der Waals surface area contributed by atoms with Gasteiger partial charge in [-0.2, -0.15) is 9.50 Å². The van der Waals surface area contributed by atoms with E-state index < -0.39 is 0 Å². The number of hydrogen-bond donors (Lipinski definition) is 0. The van der Waals surface area contributed by atoms with Gasteiger partial charge < -0.3 is 9.64 Å². The molecular formula is C26H26N4O3S. The molecule has 1 aliphatic rings. The van der Waals surface area contributed by atoms with E-state index in [1.165, 1.54) is 35.1 Å². The van der Waals surface area contributed by atoms with Crippen molar-refractivity contribution >= 4 is 33.5 Å². The smallest absolute Gasteiger partial charge is 0.291 e. The molecule has 2 aromatic carbocycles. The summed E-state index contributed by atoms with van der Waals surface area (Å²) in [7, 11) is 0. The molecule has 0 saturated carbocycles. The van der Waals surface area contributed by atoms with Crippen molar-refractivity contribution in [3.63, 3.8) is 0 Å². The third-order valence-corrected chi connectivity index (χ3v) is 7.03. The van der Waals surface area contributed by atoms with Crippen LogP contribution in [0.1, 0.15) is 45.1 Å². The number of nitrogens with zero attached hydrogens (tertiary/aromatic N) is 4. The first-order chi connectivity index (χ1) is 16.6. The van der Waals surface area contributed by atoms with Gasteiger partial charge >= 0.3 is 0 Å². The largest absolute Gasteiger partial charge is 0.494 e. The SMILES string of the molecule is CCCCCCOc1ccc(-c2nc3s/c(=C4\C(=O)N(CC)c5ccccc54)c(=O)n3n2)cc1. The van der Waals surface area contributed by atoms with Crippen molar-refractivity contribution in [2.45, 2.75) is 39.5 Å². The van der Waals surface area contributed by atoms with Crippen LogP contribution in [0.4, 0.5) is 5.69 Å². The van der Waals surface area contributed by atoms with Crippen LogP contribution in [-0.2, 0) is 4.79 Å². The third-order valence-electron chi connectivity index (χ3n) is 6.00. The lowest BCUT2D eigenvalue weighted by Gasteiger charge is -2.13. The van der Waals surface area contributed by atoms with Gasteiger partial charge in [-0.25, -0.2) is 0 Å². The Bertz CT molecular complexity index is 1460. The van der Waals surface area contributed by atoms with Crippen molar-refractivity contribution in [3.8, 4) is 17.1 Å². The molecule has 0 fully saturated rings. The summed E-state index contributed by atoms with van der Waals surface area (Å²) >= 11 is 1.20. The summed E-state index contributed by atoms with van der Waals surface area (Å²) in [6.45, 7) is 5.36. The van der Waals surface area contributed by atoms with Crippen molar-refractivity contribution in [1.82, 2.24) is 14.6 Å². The molecule has 0 saturated heterocycles. The maximum Gasteiger partial charge on any atom is 0.291 e. The first-order valence-electron chi connectivity index (χ1n) is 11.7. The molecule has 0 bridgehead atoms. The summed E-state index contributed by atoms with van der Waals surface area (Å²) in [5, 5.41) is 4.44. The number of ether oxygens (including phenoxy) is 1. The molecule has 0 aliphatic carbocycles. The average molecular weight is 475 g/mol. The number of unbranched alkanes of at least 4 members (excludes halogenated alkanes) is 3. The van der Waals surface area contributed by atoms with E-state index in [9.17, 15) is 9.59 Å². The second kappa shape index (κ2) is 9.38. The van der Waals surface area contributed by atoms with Gasteiger partial charge in [0.15, 0.2) is 5.82 Å². The molecule has 34 heavy (non-hydrogen) atoms. The van der Waals surface area contributed by atoms with E-state index in [4.69, 9.17) is 4.74 Å². The Morgan fingerprint density at radius 2 is 1.76 bits per heavy atom. The number of amides is 1. The number of benzene rings is 2. The molecule has 174 valence electrons. The fraction of sp³-hybridized carbons (Fsp3) is 0.308. The molecule has 1 aliphatic heterocycles. The van der Waals surface area contributed by atoms with Crippen molar-refractivity contribution in [2.75, 3.05) is 18.1 Å². The van der Waals surface area contributed by atoms with Crippen molar-refractivity contribution in [3.05, 3.63) is 69.0 Å². The maximum atomic E-state index is 13.2. The highest BCUT2D eigenvalue weighted by Gasteiger charge is 2.33. The Morgan fingerprint density at radius 1 is 0.971 bits per heavy atom. The van der Waals surface area contributed by atoms with Gasteiger partial charge in [0, 0.05) is 17.7 Å². The Balaban J connectivity index is 1.44. The van der Waals surface area contributed by atoms with Crippen LogP contribution >= 0.6 is 11.3 Å². The number of fused-ring (bicyclic) bond motifs is 2. The highest BCUT2D eigenvalue weighted by atomic mass is 32.1. The second-order valence-corrected chi connectivity index (χ2v) is 9.22. The topological polar surface area (TPSA) is 76.8 Å². The minimum absolute atomic E-state index is 0.157. The fourth-order valence-corrected chi connectivity index (χ4v) is 5.24. The van der Waals surface area contributed by atoms with Crippen molar-refractivity contribution < 1.29 is 9.53 Å². The molecule has 0 unspecified atom stereocenters. The normalized spacial score (nSPS) is 14.8. The first kappa shape index (κ1) is 22.3. The number of para-hydroxylation sites is 1. The Labute approximate surface area is 201 Å². The van der Waals surface area contributed by atoms with Crippen LogP contribution in [0, 0.1) is 0 Å². The molecular weight excluding hydrogens is 448 g/mol. The van der Waals surface area contributed by atoms with Gasteiger partial charge in [-0.15, -0.1) is 5.10 Å². The van der Waals surface area contributed by atoms with Gasteiger partial charge in [0.05, 0.1) is 17.9 Å². The quantitative estimate of drug-likeness (QED) is 0.360. The van der Waals surface area contributed by atoms with Crippen LogP contribution in [0.15, 0.2) is 53.3 Å². The number of rotatable bonds is 8. The molecule has 4 aromatic rings. The van der Waals surface area contributed by atoms with Crippen LogP contribution in [0.3, 0.4) is 0 Å². The standard InChI is InChI=1S/C26H26N4O3S/c1-3-5-6-9-16-33-18-14-12-17(13-15-18)23-27-26-30(28-23)25(32)22(34-26)21-19-10-7-8-11-20(19)29(4-2)24(21)31/h7-8,10-15H,3-6,9,16H2,1-2H3/b22-21-. The number of likely N-dealkylation sites (N-methyl/N-ethyl adjacent to an activating group) is 1. The average Bonchev–Trinajstić information content (AvgIpc) is 3.49. The Hall–Kier alpha value is -3.52. The Kier molecular flexibility index (Phi) is 6.15. The molecule has 0 radical (unpaired) electrons. The van der Waals surface area contributed by atoms with E-state index >= 15 is 0 Å². The summed E-state index contributed by atoms with van der Waals surface area (Å²) < 4.78 is 7.48. The number of hydrogen-bond acceptors (Lipinski definition) is 6. The minimum atomic E-state index is -0.318. The molecule has 0 N–H and O–H groups in total. The highest BCUT2D eigenvalue weighted by molar-refractivity contribution is 7.15. The maximum absolute atomic E-state index is 13.2. The van der Waals surface area contributed by atoms with Gasteiger partial charge in [-0.05, 0) is 43.7 Å². The predicted molar refractivity (Wildman–Crippen MR) is 134 cm³/mol. The zero-order valence-corrected chi connectivity index (χ0v) is 20.1. The van der Waals surface area contributed by atoms with Crippen LogP contribution in [0.5, 0.6) is 5.75 Å². The number of carbonyl (C=O) groups excluding carboxylic acids is 1. The fourth-order valence-electron chi connectivity index (χ4n) is 4.24. The van der Waals surface area contributed by atoms with E-state index in [1.807, 2.05) is 55.5 Å². The zero-order chi connectivity index (χ0) is 23.7. The summed E-state index contributed by atoms with van der Waals surface area (Å²) in [5.41, 5.74) is 2.53. The summed E-state index contributed by atoms with van der Waals surface area (Å²) in [6, 6.07) is 15.2. The van der Waals surface area contributed by atoms with E-state index in [2.05, 4.69) is 17.0 Å². The van der Waals surface area contributed by atoms with Gasteiger partial charge in [0.25, 0.3) is 11.5 Å². The van der Waals surface area contributed by atoms with Crippen molar-refractivity contribution in [2.24, 2.45) is 0 Å². The lowest BCUT2D eigenvalue weighted by atomic mass is 10.1. The molecule has 2 aromatic heterocycles. The number of anilines is 1. The summed E-state index contributed by atoms with van der Waals surface area (Å²) in [6.07, 6.45) is 4.66. The van der Waals surface area contributed by atoms with E-state index in [0.717, 1.165) is 29.0 Å². The van der Waals surface area contributed by atoms with E-state index in [0.29, 0.717) is 34.0 Å². The van der Waals surface area contributed by atoms with Crippen LogP contribution in [0.25, 0.3) is 21.9 Å². The molecule has 3 heterocycles. The predicted octanol–water partition coefficient (Wildman–Crippen LogP) is 4.06. The molecule has 0 spiro atoms. The van der Waals surface area contributed by atoms with E-state index in [-0.39, 0.29) is 11.5 Å². The number of carbonyl (C=O) groups is 1. The summed E-state index contributed by atoms with van der Waals surface area (Å²) in [4.78, 5) is 33.0. The lowest BCUT2D eigenvalue weighted by molar-refractivity contribution is -0.113. The molecule has 1 amide bonds. The number of thiazole rings is 1. The van der Waals surface area contributed by atoms with Crippen LogP contribution in [-0.4, -0.2) is 33.7 Å². The van der Waals surface area contributed by atoms with Crippen LogP contribution in [0.2, 0.25) is 0 Å². The lowest BCUT2D eigenvalue weighted by Crippen LogP contribution is -2.32. The summed E-state index contributed by atoms with van der Waals surface area (Å²) in [5.74, 6) is 1.13. The van der Waals surface area contributed by atoms with Gasteiger partial charge in [-0.3, -0.25) is 9.59 Å². The molecule has 5 rings (SSSR count). The first-order valence-corrected chi connectivity index (χ1v) is 12.5. The van der Waals surface area contributed by atoms with Gasteiger partial charge in [0.2, 0.25) is 4.96 Å². The number of aromatic nitrogens is 3. The second-order valence-electron chi connectivity index (χ2n) is 8.24. The third kappa shape index (κ3) is 3.88. The van der Waals surface area contributed by atoms with Gasteiger partial charge in [-0.1, -0.05) is 55.7 Å². The minimum Gasteiger partial charge on any atom is -0.494 e. The van der Waals surface area contributed by atoms with E-state index in [1.54, 1.807) is 4.90 Å². The van der Waals surface area contributed by atoms with Crippen molar-refractivity contribution in [1.29, 1.82) is 0 Å². The molecule has 8 heteroatoms. The van der Waals surface area contributed by atoms with Gasteiger partial charge in [0.1, 0.15) is 10.3 Å². The molecule has 7 nitrogen and oxygen atoms in total. The zero-order valence-electron chi connectivity index (χ0n) is 19.3. The monoisotopic (exact) mass is 474 g/mol. The highest BCUT2D eigenvalue weighted by Crippen LogP contribution is 2.34.